The highest BCUT2D eigenvalue weighted by Crippen LogP contribution is 2.30. The van der Waals surface area contributed by atoms with Gasteiger partial charge in [0.25, 0.3) is 11.8 Å². The monoisotopic (exact) mass is 1060 g/mol. The lowest BCUT2D eigenvalue weighted by molar-refractivity contribution is 0.0682. The molecule has 2 aromatic heterocycles. The number of carboxylic acids is 2. The number of fused-ring (bicyclic) bond motifs is 2. The number of para-hydroxylation sites is 4. The van der Waals surface area contributed by atoms with E-state index >= 15 is 0 Å². The number of unbranched alkanes of at least 4 members (excludes halogenated alkanes) is 2. The zero-order valence-electron chi connectivity index (χ0n) is 42.6. The smallest absolute Gasteiger partial charge is 0.336 e. The summed E-state index contributed by atoms with van der Waals surface area (Å²) in [7, 11) is 0. The maximum absolute atomic E-state index is 13.7. The first-order valence-corrected chi connectivity index (χ1v) is 26.5. The SMILES string of the molecule is CCn1c([C@H](CCCCC(=N)CCl)NC(=O)c2cc(-c3ccccc3)ccc2C(=O)O)nc2ccccc21.CCn1c([C@H](CCCCC(=N)CCl)NC(=O)c2ccc(-c3ccccc3)cc2C(=O)O)nc2ccccc21. The van der Waals surface area contributed by atoms with E-state index in [1.807, 2.05) is 123 Å². The number of aryl methyl sites for hydroxylation is 2. The van der Waals surface area contributed by atoms with Crippen LogP contribution in [0.25, 0.3) is 44.3 Å². The third-order valence-electron chi connectivity index (χ3n) is 13.2. The second kappa shape index (κ2) is 27.0. The highest BCUT2D eigenvalue weighted by atomic mass is 35.5. The molecule has 8 rings (SSSR count). The van der Waals surface area contributed by atoms with Gasteiger partial charge in [0.15, 0.2) is 0 Å². The summed E-state index contributed by atoms with van der Waals surface area (Å²) in [6, 6.07) is 43.5. The summed E-state index contributed by atoms with van der Waals surface area (Å²) in [4.78, 5) is 61.1. The first-order valence-electron chi connectivity index (χ1n) is 25.5. The maximum Gasteiger partial charge on any atom is 0.336 e. The number of carbonyl (C=O) groups excluding carboxylic acids is 2. The first-order chi connectivity index (χ1) is 36.8. The number of benzene rings is 6. The second-order valence-corrected chi connectivity index (χ2v) is 18.8. The summed E-state index contributed by atoms with van der Waals surface area (Å²) in [5.41, 5.74) is 7.95. The van der Waals surface area contributed by atoms with Crippen molar-refractivity contribution in [2.45, 2.75) is 90.4 Å². The van der Waals surface area contributed by atoms with Crippen molar-refractivity contribution < 1.29 is 29.4 Å². The molecule has 392 valence electrons. The number of nitrogens with one attached hydrogen (secondary N) is 4. The van der Waals surface area contributed by atoms with Crippen LogP contribution in [-0.2, 0) is 13.1 Å². The van der Waals surface area contributed by atoms with Crippen molar-refractivity contribution in [3.05, 3.63) is 179 Å². The molecule has 0 aliphatic heterocycles. The van der Waals surface area contributed by atoms with Crippen molar-refractivity contribution >= 4 is 80.4 Å². The molecule has 0 saturated heterocycles. The first kappa shape index (κ1) is 55.8. The van der Waals surface area contributed by atoms with E-state index in [4.69, 9.17) is 44.0 Å². The molecule has 0 spiro atoms. The topological polar surface area (TPSA) is 216 Å². The lowest BCUT2D eigenvalue weighted by Crippen LogP contribution is -2.32. The molecule has 6 aromatic carbocycles. The van der Waals surface area contributed by atoms with E-state index < -0.39 is 35.8 Å². The number of hydrogen-bond donors (Lipinski definition) is 6. The van der Waals surface area contributed by atoms with Crippen LogP contribution >= 0.6 is 23.2 Å². The number of aromatic nitrogens is 4. The minimum absolute atomic E-state index is 0.0536. The van der Waals surface area contributed by atoms with Gasteiger partial charge in [0, 0.05) is 24.5 Å². The van der Waals surface area contributed by atoms with Gasteiger partial charge in [-0.2, -0.15) is 0 Å². The molecule has 8 aromatic rings. The molecule has 14 nitrogen and oxygen atoms in total. The number of imidazole rings is 2. The van der Waals surface area contributed by atoms with E-state index in [-0.39, 0.29) is 34.0 Å². The molecule has 16 heteroatoms. The van der Waals surface area contributed by atoms with Crippen LogP contribution in [0, 0.1) is 10.8 Å². The van der Waals surface area contributed by atoms with Gasteiger partial charge >= 0.3 is 11.9 Å². The summed E-state index contributed by atoms with van der Waals surface area (Å²) in [5, 5.41) is 41.6. The highest BCUT2D eigenvalue weighted by Gasteiger charge is 2.27. The molecule has 0 bridgehead atoms. The second-order valence-electron chi connectivity index (χ2n) is 18.3. The number of aromatic carboxylic acids is 2. The van der Waals surface area contributed by atoms with Crippen LogP contribution in [0.2, 0.25) is 0 Å². The molecule has 0 aliphatic carbocycles. The minimum atomic E-state index is -1.16. The molecule has 2 amide bonds. The molecule has 76 heavy (non-hydrogen) atoms. The summed E-state index contributed by atoms with van der Waals surface area (Å²) in [6.07, 6.45) is 5.38. The number of carbonyl (C=O) groups is 4. The van der Waals surface area contributed by atoms with Crippen molar-refractivity contribution in [2.75, 3.05) is 11.8 Å². The summed E-state index contributed by atoms with van der Waals surface area (Å²) >= 11 is 11.5. The Morgan fingerprint density at radius 2 is 0.895 bits per heavy atom. The van der Waals surface area contributed by atoms with Gasteiger partial charge in [-0.1, -0.05) is 110 Å². The van der Waals surface area contributed by atoms with Crippen LogP contribution in [0.15, 0.2) is 146 Å². The maximum atomic E-state index is 13.7. The summed E-state index contributed by atoms with van der Waals surface area (Å²) < 4.78 is 4.16. The number of nitrogens with zero attached hydrogens (tertiary/aromatic N) is 4. The molecular formula is C60H62Cl2N8O6. The van der Waals surface area contributed by atoms with Crippen molar-refractivity contribution in [1.29, 1.82) is 10.8 Å². The number of rotatable bonds is 24. The lowest BCUT2D eigenvalue weighted by atomic mass is 9.98. The largest absolute Gasteiger partial charge is 0.478 e. The average Bonchev–Trinajstić information content (AvgIpc) is 4.04. The van der Waals surface area contributed by atoms with E-state index in [9.17, 15) is 29.4 Å². The Kier molecular flexibility index (Phi) is 19.8. The quantitative estimate of drug-likeness (QED) is 0.0194. The van der Waals surface area contributed by atoms with Crippen molar-refractivity contribution in [2.24, 2.45) is 0 Å². The Hall–Kier alpha value is -7.94. The fourth-order valence-corrected chi connectivity index (χ4v) is 9.62. The van der Waals surface area contributed by atoms with Crippen LogP contribution in [0.5, 0.6) is 0 Å². The lowest BCUT2D eigenvalue weighted by Gasteiger charge is -2.21. The fourth-order valence-electron chi connectivity index (χ4n) is 9.35. The van der Waals surface area contributed by atoms with Crippen LogP contribution in [0.3, 0.4) is 0 Å². The summed E-state index contributed by atoms with van der Waals surface area (Å²) in [5.74, 6) is -1.37. The van der Waals surface area contributed by atoms with Gasteiger partial charge in [0.2, 0.25) is 0 Å². The zero-order valence-corrected chi connectivity index (χ0v) is 44.1. The minimum Gasteiger partial charge on any atom is -0.478 e. The van der Waals surface area contributed by atoms with E-state index in [1.54, 1.807) is 30.3 Å². The number of halogens is 2. The van der Waals surface area contributed by atoms with Gasteiger partial charge in [-0.15, -0.1) is 23.2 Å². The van der Waals surface area contributed by atoms with Crippen LogP contribution in [0.1, 0.15) is 130 Å². The Labute approximate surface area is 452 Å². The molecule has 2 atom stereocenters. The van der Waals surface area contributed by atoms with E-state index in [0.29, 0.717) is 50.2 Å². The molecule has 6 N–H and O–H groups in total. The van der Waals surface area contributed by atoms with Crippen molar-refractivity contribution in [3.8, 4) is 22.3 Å². The number of hydrogen-bond acceptors (Lipinski definition) is 8. The van der Waals surface area contributed by atoms with Crippen molar-refractivity contribution in [3.63, 3.8) is 0 Å². The van der Waals surface area contributed by atoms with Gasteiger partial charge in [-0.25, -0.2) is 19.6 Å². The zero-order chi connectivity index (χ0) is 54.1. The average molecular weight is 1060 g/mol. The molecule has 0 aliphatic rings. The van der Waals surface area contributed by atoms with E-state index in [2.05, 4.69) is 19.8 Å². The standard InChI is InChI=1S/2C30H31ClN4O3/c1-2-35-27-15-9-8-13-25(27)33-28(35)26(14-7-6-12-22(32)19-31)34-29(36)24-18-21(16-17-23(24)30(37)38)20-10-4-3-5-11-20;1-2-35-27-15-9-8-13-25(27)33-28(35)26(14-7-6-12-22(32)19-31)34-29(36)23-17-16-21(18-24(23)30(37)38)20-10-4-3-5-11-20/h2*3-5,8-11,13,15-18,26,32H,2,6-7,12,14,19H2,1H3,(H,34,36)(H,37,38)/t2*26-/m00/s1. The number of amides is 2. The Morgan fingerprint density at radius 3 is 1.32 bits per heavy atom. The molecule has 2 heterocycles. The third kappa shape index (κ3) is 13.9. The molecular weight excluding hydrogens is 1000 g/mol. The van der Waals surface area contributed by atoms with Gasteiger partial charge in [-0.3, -0.25) is 9.59 Å². The molecule has 0 fully saturated rings. The highest BCUT2D eigenvalue weighted by molar-refractivity contribution is 6.28. The fraction of sp³-hybridized carbons (Fsp3) is 0.267. The number of carboxylic acid groups (broad SMARTS) is 2. The predicted octanol–water partition coefficient (Wildman–Crippen LogP) is 13.4. The van der Waals surface area contributed by atoms with Crippen LogP contribution < -0.4 is 10.6 Å². The van der Waals surface area contributed by atoms with Crippen molar-refractivity contribution in [1.82, 2.24) is 29.7 Å². The van der Waals surface area contributed by atoms with Crippen LogP contribution in [0.4, 0.5) is 0 Å². The third-order valence-corrected chi connectivity index (χ3v) is 13.8. The van der Waals surface area contributed by atoms with E-state index in [1.165, 1.54) is 6.07 Å². The molecule has 0 saturated carbocycles. The number of alkyl halides is 2. The van der Waals surface area contributed by atoms with Gasteiger partial charge in [0.05, 0.1) is 68.2 Å². The Morgan fingerprint density at radius 1 is 0.500 bits per heavy atom. The normalized spacial score (nSPS) is 11.8. The Bertz CT molecular complexity index is 3340. The van der Waals surface area contributed by atoms with Gasteiger partial charge < -0.3 is 40.8 Å². The molecule has 0 unspecified atom stereocenters. The predicted molar refractivity (Wildman–Crippen MR) is 303 cm³/mol. The van der Waals surface area contributed by atoms with Gasteiger partial charge in [-0.05, 0) is 123 Å². The molecule has 0 radical (unpaired) electrons. The van der Waals surface area contributed by atoms with Crippen LogP contribution in [-0.4, -0.2) is 76.3 Å². The van der Waals surface area contributed by atoms with E-state index in [0.717, 1.165) is 81.7 Å². The summed E-state index contributed by atoms with van der Waals surface area (Å²) in [6.45, 7) is 5.40. The Balaban J connectivity index is 0.000000221. The van der Waals surface area contributed by atoms with Gasteiger partial charge in [0.1, 0.15) is 11.6 Å².